The fourth-order valence-electron chi connectivity index (χ4n) is 3.99. The minimum Gasteiger partial charge on any atom is -0.351 e. The Hall–Kier alpha value is -1.70. The smallest absolute Gasteiger partial charge is 0.243 e. The molecule has 0 radical (unpaired) electrons. The molecular weight excluding hydrogens is 380 g/mol. The predicted molar refractivity (Wildman–Crippen MR) is 106 cm³/mol. The van der Waals surface area contributed by atoms with E-state index < -0.39 is 10.0 Å². The first-order chi connectivity index (χ1) is 12.9. The summed E-state index contributed by atoms with van der Waals surface area (Å²) >= 11 is 1.62. The molecule has 1 saturated carbocycles. The van der Waals surface area contributed by atoms with E-state index in [0.29, 0.717) is 24.5 Å². The number of rotatable bonds is 6. The zero-order valence-corrected chi connectivity index (χ0v) is 17.0. The molecule has 1 aliphatic carbocycles. The van der Waals surface area contributed by atoms with Gasteiger partial charge in [-0.25, -0.2) is 8.42 Å². The van der Waals surface area contributed by atoms with Crippen LogP contribution in [-0.4, -0.2) is 31.7 Å². The molecular formula is C20H24N2O3S2. The standard InChI is InChI=1S/C20H24N2O3S2/c1-2-15-5-7-17(8-6-15)27(24,25)22-10-9-20(14-22)12-18(20)19(23)21-13-16-4-3-11-26-16/h3-8,11,18H,2,9-10,12-14H2,1H3,(H,21,23)/t18-,20-/m0/s1. The van der Waals surface area contributed by atoms with Crippen molar-refractivity contribution < 1.29 is 13.2 Å². The maximum absolute atomic E-state index is 12.9. The minimum atomic E-state index is -3.49. The van der Waals surface area contributed by atoms with Crippen molar-refractivity contribution in [3.05, 3.63) is 52.2 Å². The first-order valence-electron chi connectivity index (χ1n) is 9.34. The first-order valence-corrected chi connectivity index (χ1v) is 11.7. The third-order valence-corrected chi connectivity index (χ3v) is 8.58. The van der Waals surface area contributed by atoms with E-state index in [0.717, 1.165) is 29.7 Å². The van der Waals surface area contributed by atoms with E-state index in [2.05, 4.69) is 5.32 Å². The summed E-state index contributed by atoms with van der Waals surface area (Å²) in [4.78, 5) is 14.0. The SMILES string of the molecule is CCc1ccc(S(=O)(=O)N2CC[C@]3(C[C@H]3C(=O)NCc3cccs3)C2)cc1. The van der Waals surface area contributed by atoms with Crippen LogP contribution in [0, 0.1) is 11.3 Å². The maximum Gasteiger partial charge on any atom is 0.243 e. The van der Waals surface area contributed by atoms with Crippen molar-refractivity contribution >= 4 is 27.3 Å². The van der Waals surface area contributed by atoms with Gasteiger partial charge in [0.15, 0.2) is 0 Å². The van der Waals surface area contributed by atoms with Crippen LogP contribution < -0.4 is 5.32 Å². The average Bonchev–Trinajstić information content (AvgIpc) is 3.03. The number of hydrogen-bond acceptors (Lipinski definition) is 4. The molecule has 1 amide bonds. The Morgan fingerprint density at radius 3 is 2.74 bits per heavy atom. The molecule has 27 heavy (non-hydrogen) atoms. The van der Waals surface area contributed by atoms with Gasteiger partial charge in [0.2, 0.25) is 15.9 Å². The molecule has 5 nitrogen and oxygen atoms in total. The number of aryl methyl sites for hydroxylation is 1. The van der Waals surface area contributed by atoms with Gasteiger partial charge in [0.05, 0.1) is 11.4 Å². The van der Waals surface area contributed by atoms with E-state index in [1.807, 2.05) is 36.6 Å². The number of nitrogens with zero attached hydrogens (tertiary/aromatic N) is 1. The zero-order chi connectivity index (χ0) is 19.1. The summed E-state index contributed by atoms with van der Waals surface area (Å²) < 4.78 is 27.4. The molecule has 0 bridgehead atoms. The van der Waals surface area contributed by atoms with Crippen molar-refractivity contribution in [2.24, 2.45) is 11.3 Å². The van der Waals surface area contributed by atoms with Crippen molar-refractivity contribution in [1.29, 1.82) is 0 Å². The fourth-order valence-corrected chi connectivity index (χ4v) is 6.17. The molecule has 1 aliphatic heterocycles. The van der Waals surface area contributed by atoms with Crippen LogP contribution in [0.25, 0.3) is 0 Å². The Labute approximate surface area is 164 Å². The number of carbonyl (C=O) groups excluding carboxylic acids is 1. The highest BCUT2D eigenvalue weighted by Gasteiger charge is 2.62. The summed E-state index contributed by atoms with van der Waals surface area (Å²) in [5, 5.41) is 4.99. The molecule has 2 heterocycles. The first kappa shape index (κ1) is 18.7. The summed E-state index contributed by atoms with van der Waals surface area (Å²) in [5.41, 5.74) is 0.951. The van der Waals surface area contributed by atoms with Gasteiger partial charge < -0.3 is 5.32 Å². The lowest BCUT2D eigenvalue weighted by Crippen LogP contribution is -2.31. The molecule has 1 aromatic carbocycles. The average molecular weight is 405 g/mol. The number of carbonyl (C=O) groups is 1. The zero-order valence-electron chi connectivity index (χ0n) is 15.3. The molecule has 2 aliphatic rings. The third kappa shape index (κ3) is 3.56. The molecule has 1 spiro atoms. The summed E-state index contributed by atoms with van der Waals surface area (Å²) in [6.45, 7) is 3.54. The van der Waals surface area contributed by atoms with Crippen molar-refractivity contribution in [3.63, 3.8) is 0 Å². The van der Waals surface area contributed by atoms with Gasteiger partial charge in [0.1, 0.15) is 0 Å². The lowest BCUT2D eigenvalue weighted by Gasteiger charge is -2.17. The molecule has 1 N–H and O–H groups in total. The van der Waals surface area contributed by atoms with E-state index in [1.54, 1.807) is 27.8 Å². The number of sulfonamides is 1. The van der Waals surface area contributed by atoms with Crippen molar-refractivity contribution in [1.82, 2.24) is 9.62 Å². The maximum atomic E-state index is 12.9. The lowest BCUT2D eigenvalue weighted by molar-refractivity contribution is -0.123. The summed E-state index contributed by atoms with van der Waals surface area (Å²) in [5.74, 6) is -0.0184. The van der Waals surface area contributed by atoms with Crippen LogP contribution >= 0.6 is 11.3 Å². The Kier molecular flexibility index (Phi) is 4.86. The van der Waals surface area contributed by atoms with Gasteiger partial charge in [-0.3, -0.25) is 4.79 Å². The topological polar surface area (TPSA) is 66.5 Å². The molecule has 2 aromatic rings. The lowest BCUT2D eigenvalue weighted by atomic mass is 10.0. The fraction of sp³-hybridized carbons (Fsp3) is 0.450. The molecule has 1 aromatic heterocycles. The Morgan fingerprint density at radius 1 is 1.30 bits per heavy atom. The van der Waals surface area contributed by atoms with E-state index in [-0.39, 0.29) is 17.2 Å². The monoisotopic (exact) mass is 404 g/mol. The molecule has 1 saturated heterocycles. The second-order valence-corrected chi connectivity index (χ2v) is 10.5. The van der Waals surface area contributed by atoms with Crippen molar-refractivity contribution in [2.45, 2.75) is 37.6 Å². The largest absolute Gasteiger partial charge is 0.351 e. The summed E-state index contributed by atoms with van der Waals surface area (Å²) in [7, 11) is -3.49. The highest BCUT2D eigenvalue weighted by molar-refractivity contribution is 7.89. The van der Waals surface area contributed by atoms with Crippen LogP contribution in [0.5, 0.6) is 0 Å². The van der Waals surface area contributed by atoms with Crippen LogP contribution in [0.2, 0.25) is 0 Å². The molecule has 2 atom stereocenters. The van der Waals surface area contributed by atoms with E-state index >= 15 is 0 Å². The number of nitrogens with one attached hydrogen (secondary N) is 1. The number of amides is 1. The van der Waals surface area contributed by atoms with Crippen molar-refractivity contribution in [2.75, 3.05) is 13.1 Å². The quantitative estimate of drug-likeness (QED) is 0.805. The van der Waals surface area contributed by atoms with Crippen LogP contribution in [0.1, 0.15) is 30.2 Å². The molecule has 2 fully saturated rings. The highest BCUT2D eigenvalue weighted by Crippen LogP contribution is 2.59. The van der Waals surface area contributed by atoms with E-state index in [4.69, 9.17) is 0 Å². The van der Waals surface area contributed by atoms with Gasteiger partial charge in [-0.2, -0.15) is 4.31 Å². The van der Waals surface area contributed by atoms with Crippen LogP contribution in [-0.2, 0) is 27.8 Å². The highest BCUT2D eigenvalue weighted by atomic mass is 32.2. The van der Waals surface area contributed by atoms with E-state index in [9.17, 15) is 13.2 Å². The predicted octanol–water partition coefficient (Wildman–Crippen LogP) is 3.03. The Morgan fingerprint density at radius 2 is 2.07 bits per heavy atom. The molecule has 144 valence electrons. The second kappa shape index (κ2) is 7.04. The summed E-state index contributed by atoms with van der Waals surface area (Å²) in [6, 6.07) is 11.1. The van der Waals surface area contributed by atoms with Crippen LogP contribution in [0.3, 0.4) is 0 Å². The normalized spacial score (nSPS) is 25.0. The number of thiophene rings is 1. The van der Waals surface area contributed by atoms with Gasteiger partial charge in [0, 0.05) is 23.9 Å². The number of benzene rings is 1. The number of hydrogen-bond donors (Lipinski definition) is 1. The molecule has 4 rings (SSSR count). The molecule has 7 heteroatoms. The van der Waals surface area contributed by atoms with Gasteiger partial charge >= 0.3 is 0 Å². The molecule has 0 unspecified atom stereocenters. The van der Waals surface area contributed by atoms with Crippen LogP contribution in [0.15, 0.2) is 46.7 Å². The third-order valence-electron chi connectivity index (χ3n) is 5.84. The van der Waals surface area contributed by atoms with Crippen molar-refractivity contribution in [3.8, 4) is 0 Å². The van der Waals surface area contributed by atoms with Gasteiger partial charge in [-0.15, -0.1) is 11.3 Å². The Balaban J connectivity index is 1.39. The second-order valence-electron chi connectivity index (χ2n) is 7.50. The summed E-state index contributed by atoms with van der Waals surface area (Å²) in [6.07, 6.45) is 2.43. The van der Waals surface area contributed by atoms with Gasteiger partial charge in [0.25, 0.3) is 0 Å². The van der Waals surface area contributed by atoms with Gasteiger partial charge in [-0.05, 0) is 53.8 Å². The van der Waals surface area contributed by atoms with E-state index in [1.165, 1.54) is 0 Å². The Bertz CT molecular complexity index is 923. The minimum absolute atomic E-state index is 0.0509. The van der Waals surface area contributed by atoms with Crippen LogP contribution in [0.4, 0.5) is 0 Å². The van der Waals surface area contributed by atoms with Gasteiger partial charge in [-0.1, -0.05) is 25.1 Å².